The lowest BCUT2D eigenvalue weighted by Gasteiger charge is -2.51. The Bertz CT molecular complexity index is 1210. The molecule has 1 saturated heterocycles. The van der Waals surface area contributed by atoms with E-state index in [0.717, 1.165) is 47.2 Å². The van der Waals surface area contributed by atoms with Gasteiger partial charge in [0, 0.05) is 42.0 Å². The maximum absolute atomic E-state index is 12.5. The van der Waals surface area contributed by atoms with E-state index in [1.54, 1.807) is 4.90 Å². The van der Waals surface area contributed by atoms with Crippen LogP contribution in [0.5, 0.6) is 5.75 Å². The van der Waals surface area contributed by atoms with E-state index >= 15 is 0 Å². The first-order valence-corrected chi connectivity index (χ1v) is 11.8. The Morgan fingerprint density at radius 1 is 1.18 bits per heavy atom. The molecule has 34 heavy (non-hydrogen) atoms. The molecular formula is C25H26ClN3O5. The molecule has 9 heteroatoms. The normalized spacial score (nSPS) is 17.4. The van der Waals surface area contributed by atoms with Crippen LogP contribution in [0.4, 0.5) is 4.79 Å². The number of rotatable bonds is 5. The largest absolute Gasteiger partial charge is 0.490 e. The summed E-state index contributed by atoms with van der Waals surface area (Å²) in [5.41, 5.74) is 0.374. The first-order valence-electron chi connectivity index (χ1n) is 11.4. The van der Waals surface area contributed by atoms with Crippen LogP contribution in [0.2, 0.25) is 5.02 Å². The number of carbonyl (C=O) groups is 2. The Morgan fingerprint density at radius 3 is 2.65 bits per heavy atom. The molecular weight excluding hydrogens is 458 g/mol. The summed E-state index contributed by atoms with van der Waals surface area (Å²) in [5.74, 6) is 0.844. The number of likely N-dealkylation sites (tertiary alicyclic amines) is 1. The van der Waals surface area contributed by atoms with Gasteiger partial charge in [0.1, 0.15) is 5.75 Å². The number of hydrogen-bond donors (Lipinski definition) is 1. The zero-order valence-electron chi connectivity index (χ0n) is 18.9. The van der Waals surface area contributed by atoms with Gasteiger partial charge < -0.3 is 24.2 Å². The molecule has 2 aliphatic rings. The highest BCUT2D eigenvalue weighted by Gasteiger charge is 2.47. The van der Waals surface area contributed by atoms with Crippen molar-refractivity contribution in [1.82, 2.24) is 15.4 Å². The maximum atomic E-state index is 12.5. The highest BCUT2D eigenvalue weighted by molar-refractivity contribution is 6.35. The average molecular weight is 484 g/mol. The van der Waals surface area contributed by atoms with Crippen molar-refractivity contribution in [3.05, 3.63) is 58.9 Å². The molecule has 1 saturated carbocycles. The van der Waals surface area contributed by atoms with Crippen molar-refractivity contribution in [2.24, 2.45) is 5.41 Å². The predicted molar refractivity (Wildman–Crippen MR) is 126 cm³/mol. The Balaban J connectivity index is 1.10. The number of nitrogens with one attached hydrogen (secondary N) is 1. The van der Waals surface area contributed by atoms with Crippen LogP contribution in [0.3, 0.4) is 0 Å². The number of hydrogen-bond acceptors (Lipinski definition) is 6. The molecule has 0 unspecified atom stereocenters. The average Bonchev–Trinajstić information content (AvgIpc) is 3.32. The van der Waals surface area contributed by atoms with Crippen molar-refractivity contribution in [2.45, 2.75) is 38.4 Å². The van der Waals surface area contributed by atoms with Gasteiger partial charge >= 0.3 is 6.09 Å². The highest BCUT2D eigenvalue weighted by atomic mass is 35.5. The molecule has 2 fully saturated rings. The van der Waals surface area contributed by atoms with Crippen LogP contribution in [0, 0.1) is 5.41 Å². The van der Waals surface area contributed by atoms with Gasteiger partial charge in [-0.25, -0.2) is 4.79 Å². The van der Waals surface area contributed by atoms with Crippen LogP contribution in [0.1, 0.15) is 41.9 Å². The topological polar surface area (TPSA) is 93.9 Å². The van der Waals surface area contributed by atoms with E-state index in [1.807, 2.05) is 36.4 Å². The maximum Gasteiger partial charge on any atom is 0.410 e. The fourth-order valence-electron chi connectivity index (χ4n) is 4.92. The van der Waals surface area contributed by atoms with Crippen LogP contribution in [0.15, 0.2) is 47.0 Å². The van der Waals surface area contributed by atoms with E-state index < -0.39 is 0 Å². The second kappa shape index (κ2) is 9.18. The van der Waals surface area contributed by atoms with E-state index in [0.29, 0.717) is 18.8 Å². The minimum absolute atomic E-state index is 0.0601. The number of fused-ring (bicyclic) bond motifs is 1. The van der Waals surface area contributed by atoms with Gasteiger partial charge in [0.05, 0.1) is 6.10 Å². The second-order valence-electron chi connectivity index (χ2n) is 9.04. The number of ether oxygens (including phenoxy) is 2. The van der Waals surface area contributed by atoms with Gasteiger partial charge in [0.15, 0.2) is 18.1 Å². The smallest absolute Gasteiger partial charge is 0.410 e. The summed E-state index contributed by atoms with van der Waals surface area (Å²) in [4.78, 5) is 25.7. The zero-order chi connectivity index (χ0) is 23.7. The third kappa shape index (κ3) is 4.42. The van der Waals surface area contributed by atoms with Gasteiger partial charge in [0.2, 0.25) is 0 Å². The Kier molecular flexibility index (Phi) is 6.08. The first kappa shape index (κ1) is 22.5. The highest BCUT2D eigenvalue weighted by Crippen LogP contribution is 2.51. The molecule has 1 N–H and O–H groups in total. The van der Waals surface area contributed by atoms with Crippen LogP contribution >= 0.6 is 11.6 Å². The van der Waals surface area contributed by atoms with Crippen molar-refractivity contribution in [3.63, 3.8) is 0 Å². The molecule has 0 radical (unpaired) electrons. The summed E-state index contributed by atoms with van der Waals surface area (Å²) >= 11 is 6.32. The van der Waals surface area contributed by atoms with Gasteiger partial charge in [-0.15, -0.1) is 0 Å². The number of benzene rings is 2. The van der Waals surface area contributed by atoms with E-state index in [-0.39, 0.29) is 35.8 Å². The molecule has 1 aromatic heterocycles. The molecule has 1 aliphatic carbocycles. The van der Waals surface area contributed by atoms with Crippen molar-refractivity contribution in [2.75, 3.05) is 20.1 Å². The summed E-state index contributed by atoms with van der Waals surface area (Å²) in [6, 6.07) is 13.3. The first-order chi connectivity index (χ1) is 16.5. The zero-order valence-corrected chi connectivity index (χ0v) is 19.6. The Morgan fingerprint density at radius 2 is 1.91 bits per heavy atom. The van der Waals surface area contributed by atoms with E-state index in [4.69, 9.17) is 25.6 Å². The predicted octanol–water partition coefficient (Wildman–Crippen LogP) is 4.80. The number of piperidine rings is 1. The molecule has 2 amide bonds. The summed E-state index contributed by atoms with van der Waals surface area (Å²) in [6.45, 7) is 1.24. The summed E-state index contributed by atoms with van der Waals surface area (Å²) < 4.78 is 16.7. The number of carbonyl (C=O) groups excluding carboxylic acids is 2. The summed E-state index contributed by atoms with van der Waals surface area (Å²) in [7, 11) is 1.51. The molecule has 1 spiro atoms. The number of nitrogens with zero attached hydrogens (tertiary/aromatic N) is 2. The minimum Gasteiger partial charge on any atom is -0.490 e. The minimum atomic E-state index is -0.382. The van der Waals surface area contributed by atoms with Crippen molar-refractivity contribution in [1.29, 1.82) is 0 Å². The third-order valence-corrected chi connectivity index (χ3v) is 7.21. The van der Waals surface area contributed by atoms with Gasteiger partial charge in [-0.2, -0.15) is 0 Å². The fourth-order valence-corrected chi connectivity index (χ4v) is 5.15. The van der Waals surface area contributed by atoms with E-state index in [2.05, 4.69) is 10.5 Å². The van der Waals surface area contributed by atoms with Gasteiger partial charge in [0.25, 0.3) is 5.91 Å². The summed E-state index contributed by atoms with van der Waals surface area (Å²) in [6.07, 6.45) is 3.59. The van der Waals surface area contributed by atoms with Crippen molar-refractivity contribution < 1.29 is 23.6 Å². The molecule has 1 aliphatic heterocycles. The monoisotopic (exact) mass is 483 g/mol. The van der Waals surface area contributed by atoms with Gasteiger partial charge in [-0.1, -0.05) is 41.0 Å². The molecule has 2 heterocycles. The molecule has 2 aromatic carbocycles. The molecule has 8 nitrogen and oxygen atoms in total. The van der Waals surface area contributed by atoms with Crippen molar-refractivity contribution in [3.8, 4) is 5.75 Å². The molecule has 3 aromatic rings. The van der Waals surface area contributed by atoms with Crippen LogP contribution in [-0.2, 0) is 11.3 Å². The fraction of sp³-hybridized carbons (Fsp3) is 0.400. The Labute approximate surface area is 202 Å². The molecule has 0 bridgehead atoms. The summed E-state index contributed by atoms with van der Waals surface area (Å²) in [5, 5.41) is 8.88. The number of amides is 2. The molecule has 0 atom stereocenters. The van der Waals surface area contributed by atoms with Crippen LogP contribution in [-0.4, -0.2) is 48.3 Å². The Hall–Kier alpha value is -3.26. The molecule has 5 rings (SSSR count). The van der Waals surface area contributed by atoms with Crippen molar-refractivity contribution >= 4 is 34.4 Å². The second-order valence-corrected chi connectivity index (χ2v) is 9.45. The van der Waals surface area contributed by atoms with E-state index in [9.17, 15) is 9.59 Å². The molecule has 178 valence electrons. The standard InChI is InChI=1S/C25H26ClN3O5/c1-27-23(30)21-12-16(34-28-21)15-32-24(31)29-10-8-25(9-11-29)13-17(14-25)33-22-7-6-20(26)18-4-2-3-5-19(18)22/h2-7,12,17H,8-11,13-15H2,1H3,(H,27,30). The van der Waals surface area contributed by atoms with E-state index in [1.165, 1.54) is 13.1 Å². The quantitative estimate of drug-likeness (QED) is 0.560. The third-order valence-electron chi connectivity index (χ3n) is 6.88. The SMILES string of the molecule is CNC(=O)c1cc(COC(=O)N2CCC3(CC2)CC(Oc2ccc(Cl)c4ccccc24)C3)on1. The lowest BCUT2D eigenvalue weighted by molar-refractivity contribution is -0.0533. The number of aromatic nitrogens is 1. The van der Waals surface area contributed by atoms with Crippen LogP contribution < -0.4 is 10.1 Å². The van der Waals surface area contributed by atoms with Gasteiger partial charge in [-0.3, -0.25) is 4.79 Å². The lowest BCUT2D eigenvalue weighted by Crippen LogP contribution is -2.52. The lowest BCUT2D eigenvalue weighted by atomic mass is 9.61. The number of halogens is 1. The van der Waals surface area contributed by atoms with Gasteiger partial charge in [-0.05, 0) is 43.2 Å². The van der Waals surface area contributed by atoms with Crippen LogP contribution in [0.25, 0.3) is 10.8 Å².